The number of halogens is 1. The summed E-state index contributed by atoms with van der Waals surface area (Å²) < 4.78 is 6.57. The van der Waals surface area contributed by atoms with E-state index in [0.717, 1.165) is 17.2 Å². The lowest BCUT2D eigenvalue weighted by Crippen LogP contribution is -2.50. The molecule has 0 N–H and O–H groups in total. The molecule has 1 aliphatic carbocycles. The third kappa shape index (κ3) is 3.69. The van der Waals surface area contributed by atoms with Crippen molar-refractivity contribution in [2.45, 2.75) is 64.4 Å². The van der Waals surface area contributed by atoms with E-state index in [0.29, 0.717) is 5.92 Å². The molecule has 0 amide bonds. The smallest absolute Gasteiger partial charge is 0.123 e. The Balaban J connectivity index is 1.77. The Hall–Kier alpha value is -0.730. The van der Waals surface area contributed by atoms with Gasteiger partial charge in [0.2, 0.25) is 0 Å². The van der Waals surface area contributed by atoms with Crippen LogP contribution in [0.4, 0.5) is 0 Å². The Labute approximate surface area is 146 Å². The van der Waals surface area contributed by atoms with E-state index in [4.69, 9.17) is 16.3 Å². The summed E-state index contributed by atoms with van der Waals surface area (Å²) >= 11 is 6.19. The SMILES string of the molecule is CCCN(CCC)CC1CCCCC12Cc1cc(Cl)ccc1O2. The van der Waals surface area contributed by atoms with Gasteiger partial charge in [-0.3, -0.25) is 0 Å². The van der Waals surface area contributed by atoms with Gasteiger partial charge in [0.05, 0.1) is 0 Å². The van der Waals surface area contributed by atoms with Crippen LogP contribution in [0.15, 0.2) is 18.2 Å². The Morgan fingerprint density at radius 2 is 2.00 bits per heavy atom. The van der Waals surface area contributed by atoms with Gasteiger partial charge in [-0.2, -0.15) is 0 Å². The zero-order valence-corrected chi connectivity index (χ0v) is 15.4. The zero-order valence-electron chi connectivity index (χ0n) is 14.6. The molecule has 23 heavy (non-hydrogen) atoms. The topological polar surface area (TPSA) is 12.5 Å². The van der Waals surface area contributed by atoms with Crippen molar-refractivity contribution in [2.24, 2.45) is 5.92 Å². The maximum absolute atomic E-state index is 6.57. The Bertz CT molecular complexity index is 526. The molecule has 0 aromatic heterocycles. The van der Waals surface area contributed by atoms with E-state index in [9.17, 15) is 0 Å². The van der Waals surface area contributed by atoms with Crippen LogP contribution in [0.1, 0.15) is 57.9 Å². The molecule has 1 fully saturated rings. The third-order valence-electron chi connectivity index (χ3n) is 5.53. The minimum absolute atomic E-state index is 0.0188. The van der Waals surface area contributed by atoms with Crippen LogP contribution in [0.5, 0.6) is 5.75 Å². The first-order chi connectivity index (χ1) is 11.2. The molecule has 3 heteroatoms. The molecule has 2 aliphatic rings. The molecular formula is C20H30ClNO. The summed E-state index contributed by atoms with van der Waals surface area (Å²) in [5.74, 6) is 1.71. The molecule has 128 valence electrons. The van der Waals surface area contributed by atoms with Gasteiger partial charge in [-0.05, 0) is 69.0 Å². The summed E-state index contributed by atoms with van der Waals surface area (Å²) in [6.07, 6.45) is 8.63. The number of hydrogen-bond donors (Lipinski definition) is 0. The van der Waals surface area contributed by atoms with Crippen molar-refractivity contribution in [3.05, 3.63) is 28.8 Å². The molecule has 1 aromatic rings. The highest BCUT2D eigenvalue weighted by molar-refractivity contribution is 6.30. The Morgan fingerprint density at radius 1 is 1.22 bits per heavy atom. The number of hydrogen-bond acceptors (Lipinski definition) is 2. The van der Waals surface area contributed by atoms with Gasteiger partial charge in [0.15, 0.2) is 0 Å². The predicted molar refractivity (Wildman–Crippen MR) is 97.5 cm³/mol. The van der Waals surface area contributed by atoms with Crippen molar-refractivity contribution in [3.8, 4) is 5.75 Å². The zero-order chi connectivity index (χ0) is 16.3. The first-order valence-corrected chi connectivity index (χ1v) is 9.74. The quantitative estimate of drug-likeness (QED) is 0.697. The van der Waals surface area contributed by atoms with Crippen LogP contribution < -0.4 is 4.74 Å². The maximum atomic E-state index is 6.57. The molecule has 0 saturated heterocycles. The van der Waals surface area contributed by atoms with E-state index >= 15 is 0 Å². The lowest BCUT2D eigenvalue weighted by atomic mass is 9.73. The van der Waals surface area contributed by atoms with Crippen LogP contribution in [0.3, 0.4) is 0 Å². The Kier molecular flexibility index (Phi) is 5.53. The summed E-state index contributed by atoms with van der Waals surface area (Å²) in [4.78, 5) is 2.65. The van der Waals surface area contributed by atoms with Gasteiger partial charge < -0.3 is 9.64 Å². The van der Waals surface area contributed by atoms with E-state index in [1.165, 1.54) is 63.7 Å². The molecule has 2 unspecified atom stereocenters. The lowest BCUT2D eigenvalue weighted by molar-refractivity contribution is -0.0204. The number of ether oxygens (including phenoxy) is 1. The van der Waals surface area contributed by atoms with Gasteiger partial charge in [0, 0.05) is 23.9 Å². The van der Waals surface area contributed by atoms with Crippen molar-refractivity contribution in [1.29, 1.82) is 0 Å². The highest BCUT2D eigenvalue weighted by Crippen LogP contribution is 2.47. The largest absolute Gasteiger partial charge is 0.486 e. The molecular weight excluding hydrogens is 306 g/mol. The molecule has 2 atom stereocenters. The van der Waals surface area contributed by atoms with Crippen LogP contribution in [0.2, 0.25) is 5.02 Å². The summed E-state index contributed by atoms with van der Waals surface area (Å²) in [5.41, 5.74) is 1.33. The third-order valence-corrected chi connectivity index (χ3v) is 5.77. The summed E-state index contributed by atoms with van der Waals surface area (Å²) in [6, 6.07) is 6.12. The fraction of sp³-hybridized carbons (Fsp3) is 0.700. The minimum Gasteiger partial charge on any atom is -0.486 e. The minimum atomic E-state index is 0.0188. The highest BCUT2D eigenvalue weighted by atomic mass is 35.5. The molecule has 2 nitrogen and oxygen atoms in total. The second kappa shape index (κ2) is 7.44. The van der Waals surface area contributed by atoms with Crippen LogP contribution in [-0.2, 0) is 6.42 Å². The molecule has 1 saturated carbocycles. The van der Waals surface area contributed by atoms with E-state index < -0.39 is 0 Å². The first kappa shape index (κ1) is 17.1. The molecule has 0 bridgehead atoms. The van der Waals surface area contributed by atoms with Gasteiger partial charge in [0.25, 0.3) is 0 Å². The fourth-order valence-corrected chi connectivity index (χ4v) is 4.70. The second-order valence-corrected chi connectivity index (χ2v) is 7.78. The molecule has 1 spiro atoms. The van der Waals surface area contributed by atoms with E-state index in [-0.39, 0.29) is 5.60 Å². The number of benzene rings is 1. The van der Waals surface area contributed by atoms with Crippen LogP contribution in [0.25, 0.3) is 0 Å². The van der Waals surface area contributed by atoms with E-state index in [1.807, 2.05) is 6.07 Å². The summed E-state index contributed by atoms with van der Waals surface area (Å²) in [7, 11) is 0. The normalized spacial score (nSPS) is 26.5. The number of fused-ring (bicyclic) bond motifs is 1. The monoisotopic (exact) mass is 335 g/mol. The van der Waals surface area contributed by atoms with Crippen molar-refractivity contribution >= 4 is 11.6 Å². The second-order valence-electron chi connectivity index (χ2n) is 7.34. The first-order valence-electron chi connectivity index (χ1n) is 9.36. The molecule has 0 radical (unpaired) electrons. The molecule has 1 heterocycles. The standard InChI is InChI=1S/C20H30ClNO/c1-3-11-22(12-4-2)15-17-7-5-6-10-20(17)14-16-13-18(21)8-9-19(16)23-20/h8-9,13,17H,3-7,10-12,14-15H2,1-2H3. The van der Waals surface area contributed by atoms with Crippen LogP contribution >= 0.6 is 11.6 Å². The van der Waals surface area contributed by atoms with Gasteiger partial charge in [0.1, 0.15) is 11.4 Å². The molecule has 3 rings (SSSR count). The highest BCUT2D eigenvalue weighted by Gasteiger charge is 2.47. The summed E-state index contributed by atoms with van der Waals surface area (Å²) in [6.45, 7) is 8.16. The predicted octanol–water partition coefficient (Wildman–Crippen LogP) is 5.33. The van der Waals surface area contributed by atoms with Gasteiger partial charge >= 0.3 is 0 Å². The van der Waals surface area contributed by atoms with Gasteiger partial charge in [-0.25, -0.2) is 0 Å². The average Bonchev–Trinajstić information content (AvgIpc) is 2.88. The van der Waals surface area contributed by atoms with E-state index in [2.05, 4.69) is 30.9 Å². The molecule has 1 aliphatic heterocycles. The van der Waals surface area contributed by atoms with Crippen molar-refractivity contribution in [2.75, 3.05) is 19.6 Å². The van der Waals surface area contributed by atoms with Crippen molar-refractivity contribution in [3.63, 3.8) is 0 Å². The average molecular weight is 336 g/mol. The fourth-order valence-electron chi connectivity index (χ4n) is 4.51. The van der Waals surface area contributed by atoms with Crippen LogP contribution in [0, 0.1) is 5.92 Å². The molecule has 1 aromatic carbocycles. The van der Waals surface area contributed by atoms with Crippen molar-refractivity contribution in [1.82, 2.24) is 4.90 Å². The lowest BCUT2D eigenvalue weighted by Gasteiger charge is -2.43. The summed E-state index contributed by atoms with van der Waals surface area (Å²) in [5, 5.41) is 0.829. The maximum Gasteiger partial charge on any atom is 0.123 e. The van der Waals surface area contributed by atoms with Gasteiger partial charge in [-0.15, -0.1) is 0 Å². The van der Waals surface area contributed by atoms with Crippen LogP contribution in [-0.4, -0.2) is 30.1 Å². The van der Waals surface area contributed by atoms with Gasteiger partial charge in [-0.1, -0.05) is 31.9 Å². The number of nitrogens with zero attached hydrogens (tertiary/aromatic N) is 1. The van der Waals surface area contributed by atoms with E-state index in [1.54, 1.807) is 0 Å². The van der Waals surface area contributed by atoms with Crippen molar-refractivity contribution < 1.29 is 4.74 Å². The number of rotatable bonds is 6. The Morgan fingerprint density at radius 3 is 2.74 bits per heavy atom.